The summed E-state index contributed by atoms with van der Waals surface area (Å²) >= 11 is 0. The van der Waals surface area contributed by atoms with Gasteiger partial charge in [0.2, 0.25) is 0 Å². The van der Waals surface area contributed by atoms with E-state index in [2.05, 4.69) is 10.6 Å². The van der Waals surface area contributed by atoms with Crippen LogP contribution in [0.2, 0.25) is 0 Å². The Morgan fingerprint density at radius 2 is 1.78 bits per heavy atom. The predicted molar refractivity (Wildman–Crippen MR) is 91.4 cm³/mol. The second kappa shape index (κ2) is 5.37. The van der Waals surface area contributed by atoms with Crippen molar-refractivity contribution in [3.05, 3.63) is 52.9 Å². The number of urea groups is 1. The van der Waals surface area contributed by atoms with Gasteiger partial charge >= 0.3 is 6.03 Å². The molecule has 1 atom stereocenters. The Morgan fingerprint density at radius 3 is 2.56 bits per heavy atom. The van der Waals surface area contributed by atoms with Gasteiger partial charge in [-0.2, -0.15) is 0 Å². The Bertz CT molecular complexity index is 973. The molecule has 0 saturated carbocycles. The third kappa shape index (κ3) is 2.01. The van der Waals surface area contributed by atoms with E-state index in [0.29, 0.717) is 18.5 Å². The molecular formula is C19H15N3O5. The Morgan fingerprint density at radius 1 is 1.04 bits per heavy atom. The van der Waals surface area contributed by atoms with Crippen LogP contribution in [0.3, 0.4) is 0 Å². The van der Waals surface area contributed by atoms with Crippen molar-refractivity contribution in [2.75, 3.05) is 0 Å². The van der Waals surface area contributed by atoms with Crippen LogP contribution in [0.25, 0.3) is 6.08 Å². The number of fused-ring (bicyclic) bond motifs is 5. The molecule has 3 aliphatic heterocycles. The summed E-state index contributed by atoms with van der Waals surface area (Å²) in [7, 11) is 0. The van der Waals surface area contributed by atoms with E-state index >= 15 is 0 Å². The van der Waals surface area contributed by atoms with Crippen LogP contribution in [0.5, 0.6) is 0 Å². The minimum Gasteiger partial charge on any atom is -0.323 e. The quantitative estimate of drug-likeness (QED) is 0.668. The van der Waals surface area contributed by atoms with Crippen molar-refractivity contribution in [1.82, 2.24) is 15.5 Å². The molecular weight excluding hydrogens is 350 g/mol. The van der Waals surface area contributed by atoms with Crippen molar-refractivity contribution in [2.24, 2.45) is 0 Å². The number of barbiturate groups is 1. The molecule has 4 amide bonds. The fraction of sp³-hybridized carbons (Fsp3) is 0.263. The molecule has 4 aliphatic rings. The number of nitrogens with one attached hydrogen (secondary N) is 2. The number of hydrogen-bond donors (Lipinski definition) is 2. The first kappa shape index (κ1) is 16.0. The first-order valence-electron chi connectivity index (χ1n) is 8.69. The number of benzene rings is 1. The van der Waals surface area contributed by atoms with Gasteiger partial charge < -0.3 is 9.64 Å². The number of hydrogen-bond acceptors (Lipinski definition) is 6. The van der Waals surface area contributed by atoms with E-state index in [4.69, 9.17) is 4.74 Å². The number of ketones is 1. The summed E-state index contributed by atoms with van der Waals surface area (Å²) in [6, 6.07) is 6.55. The molecule has 8 heteroatoms. The van der Waals surface area contributed by atoms with Crippen LogP contribution in [0, 0.1) is 0 Å². The monoisotopic (exact) mass is 365 g/mol. The number of ether oxygens (including phenoxy) is 1. The predicted octanol–water partition coefficient (Wildman–Crippen LogP) is 1.11. The van der Waals surface area contributed by atoms with Crippen LogP contribution < -0.4 is 10.6 Å². The Hall–Kier alpha value is -3.26. The topological polar surface area (TPSA) is 105 Å². The van der Waals surface area contributed by atoms with Crippen molar-refractivity contribution in [3.8, 4) is 0 Å². The van der Waals surface area contributed by atoms with Gasteiger partial charge in [-0.3, -0.25) is 25.0 Å². The van der Waals surface area contributed by atoms with Crippen molar-refractivity contribution in [1.29, 1.82) is 0 Å². The van der Waals surface area contributed by atoms with Crippen molar-refractivity contribution >= 4 is 29.7 Å². The number of allylic oxidation sites excluding steroid dienone is 1. The lowest BCUT2D eigenvalue weighted by atomic mass is 9.78. The van der Waals surface area contributed by atoms with Gasteiger partial charge in [-0.25, -0.2) is 4.79 Å². The SMILES string of the molecule is O=C1NC(=O)C2(O[C@H]3c4ccccc4C=CN3C3=C2C(=O)CCC3)C(=O)N1. The number of imide groups is 2. The molecule has 1 aromatic rings. The summed E-state index contributed by atoms with van der Waals surface area (Å²) in [4.78, 5) is 51.8. The minimum atomic E-state index is -2.17. The molecule has 5 rings (SSSR count). The molecule has 0 unspecified atom stereocenters. The average molecular weight is 365 g/mol. The first-order chi connectivity index (χ1) is 13.0. The summed E-state index contributed by atoms with van der Waals surface area (Å²) < 4.78 is 6.08. The molecule has 136 valence electrons. The van der Waals surface area contributed by atoms with Crippen molar-refractivity contribution in [3.63, 3.8) is 0 Å². The second-order valence-corrected chi connectivity index (χ2v) is 6.84. The number of Topliss-reactive ketones (excluding diaryl/α,β-unsaturated/α-hetero) is 1. The molecule has 1 aromatic carbocycles. The third-order valence-corrected chi connectivity index (χ3v) is 5.36. The fourth-order valence-electron chi connectivity index (χ4n) is 4.19. The lowest BCUT2D eigenvalue weighted by Crippen LogP contribution is -2.71. The van der Waals surface area contributed by atoms with Crippen LogP contribution in [0.1, 0.15) is 36.6 Å². The summed E-state index contributed by atoms with van der Waals surface area (Å²) in [6.45, 7) is 0. The van der Waals surface area contributed by atoms with Gasteiger partial charge in [0.05, 0.1) is 5.57 Å². The molecule has 27 heavy (non-hydrogen) atoms. The maximum atomic E-state index is 12.8. The highest BCUT2D eigenvalue weighted by Crippen LogP contribution is 2.48. The molecule has 1 saturated heterocycles. The minimum absolute atomic E-state index is 0.0246. The van der Waals surface area contributed by atoms with Crippen LogP contribution in [-0.2, 0) is 19.1 Å². The zero-order chi connectivity index (χ0) is 18.8. The zero-order valence-electron chi connectivity index (χ0n) is 14.2. The summed E-state index contributed by atoms with van der Waals surface area (Å²) in [5.41, 5.74) is 0.124. The number of rotatable bonds is 0. The van der Waals surface area contributed by atoms with Crippen LogP contribution in [0.4, 0.5) is 4.79 Å². The molecule has 0 aromatic heterocycles. The normalized spacial score (nSPS) is 25.6. The number of nitrogens with zero attached hydrogens (tertiary/aromatic N) is 1. The van der Waals surface area contributed by atoms with Gasteiger partial charge in [0.25, 0.3) is 17.4 Å². The average Bonchev–Trinajstić information content (AvgIpc) is 2.65. The largest absolute Gasteiger partial charge is 0.328 e. The summed E-state index contributed by atoms with van der Waals surface area (Å²) in [5.74, 6) is -2.17. The molecule has 1 fully saturated rings. The molecule has 0 radical (unpaired) electrons. The standard InChI is InChI=1S/C19H15N3O5/c23-13-7-3-6-12-14(13)19(16(24)20-18(26)21-17(19)25)27-15-11-5-2-1-4-10(11)8-9-22(12)15/h1-2,4-5,8-9,15H,3,6-7H2,(H2,20,21,24,25,26)/t15-/m0/s1. The second-order valence-electron chi connectivity index (χ2n) is 6.84. The fourth-order valence-corrected chi connectivity index (χ4v) is 4.19. The Kier molecular flexibility index (Phi) is 3.17. The molecule has 8 nitrogen and oxygen atoms in total. The molecule has 2 N–H and O–H groups in total. The van der Waals surface area contributed by atoms with E-state index in [9.17, 15) is 19.2 Å². The van der Waals surface area contributed by atoms with Gasteiger partial charge in [-0.15, -0.1) is 0 Å². The van der Waals surface area contributed by atoms with E-state index in [-0.39, 0.29) is 17.8 Å². The summed E-state index contributed by atoms with van der Waals surface area (Å²) in [5, 5.41) is 4.17. The van der Waals surface area contributed by atoms with E-state index in [1.807, 2.05) is 30.3 Å². The maximum Gasteiger partial charge on any atom is 0.328 e. The highest BCUT2D eigenvalue weighted by atomic mass is 16.5. The van der Waals surface area contributed by atoms with E-state index in [1.165, 1.54) is 0 Å². The van der Waals surface area contributed by atoms with Crippen LogP contribution in [-0.4, -0.2) is 34.1 Å². The molecule has 0 bridgehead atoms. The van der Waals surface area contributed by atoms with Gasteiger partial charge in [0.15, 0.2) is 12.0 Å². The Balaban J connectivity index is 1.77. The number of carbonyl (C=O) groups is 4. The van der Waals surface area contributed by atoms with Gasteiger partial charge in [0.1, 0.15) is 0 Å². The zero-order valence-corrected chi connectivity index (χ0v) is 14.2. The van der Waals surface area contributed by atoms with Crippen LogP contribution in [0.15, 0.2) is 41.7 Å². The van der Waals surface area contributed by atoms with E-state index in [1.54, 1.807) is 11.1 Å². The smallest absolute Gasteiger partial charge is 0.323 e. The lowest BCUT2D eigenvalue weighted by Gasteiger charge is -2.49. The highest BCUT2D eigenvalue weighted by molar-refractivity contribution is 6.28. The first-order valence-corrected chi connectivity index (χ1v) is 8.69. The van der Waals surface area contributed by atoms with E-state index < -0.39 is 29.7 Å². The maximum absolute atomic E-state index is 12.8. The van der Waals surface area contributed by atoms with Crippen LogP contribution >= 0.6 is 0 Å². The molecule has 3 heterocycles. The highest BCUT2D eigenvalue weighted by Gasteiger charge is 2.62. The third-order valence-electron chi connectivity index (χ3n) is 5.36. The Labute approximate surface area is 153 Å². The molecule has 1 spiro atoms. The van der Waals surface area contributed by atoms with Crippen molar-refractivity contribution < 1.29 is 23.9 Å². The molecule has 1 aliphatic carbocycles. The number of amides is 4. The number of carbonyl (C=O) groups excluding carboxylic acids is 4. The van der Waals surface area contributed by atoms with Gasteiger partial charge in [-0.05, 0) is 24.5 Å². The summed E-state index contributed by atoms with van der Waals surface area (Å²) in [6.07, 6.45) is 4.33. The lowest BCUT2D eigenvalue weighted by molar-refractivity contribution is -0.181. The van der Waals surface area contributed by atoms with E-state index in [0.717, 1.165) is 11.1 Å². The van der Waals surface area contributed by atoms with Gasteiger partial charge in [0, 0.05) is 23.9 Å². The van der Waals surface area contributed by atoms with Crippen molar-refractivity contribution in [2.45, 2.75) is 31.1 Å². The van der Waals surface area contributed by atoms with Gasteiger partial charge in [-0.1, -0.05) is 24.3 Å².